The van der Waals surface area contributed by atoms with Crippen LogP contribution in [-0.2, 0) is 14.8 Å². The van der Waals surface area contributed by atoms with Crippen molar-refractivity contribution in [3.05, 3.63) is 35.1 Å². The van der Waals surface area contributed by atoms with E-state index in [4.69, 9.17) is 0 Å². The molecule has 1 aromatic heterocycles. The Morgan fingerprint density at radius 3 is 2.48 bits per heavy atom. The number of carbonyl (C=O) groups is 1. The van der Waals surface area contributed by atoms with Gasteiger partial charge in [0, 0.05) is 0 Å². The Morgan fingerprint density at radius 1 is 1.30 bits per heavy atom. The van der Waals surface area contributed by atoms with Crippen LogP contribution in [0.2, 0.25) is 0 Å². The molecule has 23 heavy (non-hydrogen) atoms. The molecule has 1 aromatic carbocycles. The SMILES string of the molecule is CCC(NS(=O)(=O)c1ccc(F)cc1)C(=O)Nc1nnc(C)s1. The molecule has 0 saturated carbocycles. The molecule has 2 aromatic rings. The van der Waals surface area contributed by atoms with Gasteiger partial charge in [0.05, 0.1) is 4.90 Å². The van der Waals surface area contributed by atoms with Gasteiger partial charge in [-0.25, -0.2) is 12.8 Å². The van der Waals surface area contributed by atoms with Gasteiger partial charge in [-0.15, -0.1) is 10.2 Å². The van der Waals surface area contributed by atoms with Gasteiger partial charge in [-0.05, 0) is 37.6 Å². The highest BCUT2D eigenvalue weighted by Gasteiger charge is 2.25. The molecule has 1 atom stereocenters. The summed E-state index contributed by atoms with van der Waals surface area (Å²) in [5.74, 6) is -1.07. The predicted octanol–water partition coefficient (Wildman–Crippen LogP) is 1.68. The number of nitrogens with one attached hydrogen (secondary N) is 2. The van der Waals surface area contributed by atoms with Crippen LogP contribution >= 0.6 is 11.3 Å². The molecule has 0 spiro atoms. The molecule has 1 amide bonds. The quantitative estimate of drug-likeness (QED) is 0.818. The molecule has 1 unspecified atom stereocenters. The normalized spacial score (nSPS) is 12.8. The van der Waals surface area contributed by atoms with E-state index in [1.54, 1.807) is 13.8 Å². The van der Waals surface area contributed by atoms with Gasteiger partial charge in [0.25, 0.3) is 0 Å². The summed E-state index contributed by atoms with van der Waals surface area (Å²) in [5, 5.41) is 11.0. The molecule has 0 radical (unpaired) electrons. The summed E-state index contributed by atoms with van der Waals surface area (Å²) in [6, 6.07) is 3.38. The van der Waals surface area contributed by atoms with E-state index in [2.05, 4.69) is 20.2 Å². The van der Waals surface area contributed by atoms with Crippen molar-refractivity contribution < 1.29 is 17.6 Å². The van der Waals surface area contributed by atoms with Crippen LogP contribution in [0.1, 0.15) is 18.4 Å². The zero-order valence-electron chi connectivity index (χ0n) is 12.4. The van der Waals surface area contributed by atoms with Gasteiger partial charge in [0.15, 0.2) is 0 Å². The van der Waals surface area contributed by atoms with Crippen molar-refractivity contribution in [2.75, 3.05) is 5.32 Å². The molecule has 0 saturated heterocycles. The van der Waals surface area contributed by atoms with Crippen LogP contribution in [0.5, 0.6) is 0 Å². The number of sulfonamides is 1. The monoisotopic (exact) mass is 358 g/mol. The molecule has 1 heterocycles. The van der Waals surface area contributed by atoms with Crippen molar-refractivity contribution in [1.82, 2.24) is 14.9 Å². The Morgan fingerprint density at radius 2 is 1.96 bits per heavy atom. The van der Waals surface area contributed by atoms with Crippen LogP contribution in [0.25, 0.3) is 0 Å². The fraction of sp³-hybridized carbons (Fsp3) is 0.308. The topological polar surface area (TPSA) is 101 Å². The summed E-state index contributed by atoms with van der Waals surface area (Å²) in [4.78, 5) is 12.0. The van der Waals surface area contributed by atoms with Crippen molar-refractivity contribution in [2.24, 2.45) is 0 Å². The lowest BCUT2D eigenvalue weighted by atomic mass is 10.2. The minimum Gasteiger partial charge on any atom is -0.299 e. The minimum atomic E-state index is -3.93. The number of anilines is 1. The van der Waals surface area contributed by atoms with E-state index in [-0.39, 0.29) is 11.3 Å². The summed E-state index contributed by atoms with van der Waals surface area (Å²) < 4.78 is 39.7. The van der Waals surface area contributed by atoms with E-state index in [9.17, 15) is 17.6 Å². The van der Waals surface area contributed by atoms with Crippen LogP contribution in [0.3, 0.4) is 0 Å². The number of nitrogens with zero attached hydrogens (tertiary/aromatic N) is 2. The van der Waals surface area contributed by atoms with E-state index in [0.29, 0.717) is 10.1 Å². The van der Waals surface area contributed by atoms with Gasteiger partial charge in [-0.3, -0.25) is 10.1 Å². The number of hydrogen-bond acceptors (Lipinski definition) is 6. The number of rotatable bonds is 6. The molecule has 124 valence electrons. The van der Waals surface area contributed by atoms with E-state index in [1.807, 2.05) is 0 Å². The average molecular weight is 358 g/mol. The number of hydrogen-bond donors (Lipinski definition) is 2. The second-order valence-corrected chi connectivity index (χ2v) is 7.55. The third kappa shape index (κ3) is 4.53. The number of benzene rings is 1. The first-order chi connectivity index (χ1) is 10.8. The number of carbonyl (C=O) groups excluding carboxylic acids is 1. The van der Waals surface area contributed by atoms with Gasteiger partial charge >= 0.3 is 0 Å². The third-order valence-electron chi connectivity index (χ3n) is 2.90. The first-order valence-electron chi connectivity index (χ1n) is 6.70. The molecule has 0 aliphatic carbocycles. The summed E-state index contributed by atoms with van der Waals surface area (Å²) in [6.45, 7) is 3.41. The second kappa shape index (κ2) is 7.11. The van der Waals surface area contributed by atoms with Crippen LogP contribution in [-0.4, -0.2) is 30.6 Å². The molecule has 0 aliphatic heterocycles. The average Bonchev–Trinajstić information content (AvgIpc) is 2.90. The van der Waals surface area contributed by atoms with Crippen LogP contribution in [0.4, 0.5) is 9.52 Å². The Bertz CT molecular complexity index is 790. The van der Waals surface area contributed by atoms with E-state index >= 15 is 0 Å². The molecule has 2 rings (SSSR count). The molecule has 0 bridgehead atoms. The fourth-order valence-corrected chi connectivity index (χ4v) is 3.60. The highest BCUT2D eigenvalue weighted by Crippen LogP contribution is 2.15. The van der Waals surface area contributed by atoms with Crippen molar-refractivity contribution in [3.8, 4) is 0 Å². The van der Waals surface area contributed by atoms with Crippen molar-refractivity contribution in [2.45, 2.75) is 31.2 Å². The Balaban J connectivity index is 2.11. The molecular formula is C13H15FN4O3S2. The Kier molecular flexibility index (Phi) is 5.39. The van der Waals surface area contributed by atoms with E-state index < -0.39 is 27.8 Å². The van der Waals surface area contributed by atoms with E-state index in [1.165, 1.54) is 11.3 Å². The van der Waals surface area contributed by atoms with Gasteiger partial charge in [-0.2, -0.15) is 4.72 Å². The second-order valence-electron chi connectivity index (χ2n) is 4.65. The molecule has 10 heteroatoms. The largest absolute Gasteiger partial charge is 0.299 e. The molecule has 7 nitrogen and oxygen atoms in total. The smallest absolute Gasteiger partial charge is 0.244 e. The molecule has 2 N–H and O–H groups in total. The Hall–Kier alpha value is -1.91. The Labute approximate surface area is 137 Å². The van der Waals surface area contributed by atoms with Gasteiger partial charge in [0.1, 0.15) is 16.9 Å². The maximum Gasteiger partial charge on any atom is 0.244 e. The summed E-state index contributed by atoms with van der Waals surface area (Å²) >= 11 is 1.19. The number of aromatic nitrogens is 2. The highest BCUT2D eigenvalue weighted by atomic mass is 32.2. The van der Waals surface area contributed by atoms with Crippen molar-refractivity contribution in [3.63, 3.8) is 0 Å². The summed E-state index contributed by atoms with van der Waals surface area (Å²) in [5.41, 5.74) is 0. The minimum absolute atomic E-state index is 0.114. The predicted molar refractivity (Wildman–Crippen MR) is 84.1 cm³/mol. The highest BCUT2D eigenvalue weighted by molar-refractivity contribution is 7.89. The zero-order valence-corrected chi connectivity index (χ0v) is 14.0. The first kappa shape index (κ1) is 17.4. The standard InChI is InChI=1S/C13H15FN4O3S2/c1-3-11(12(19)15-13-17-16-8(2)22-13)18-23(20,21)10-6-4-9(14)5-7-10/h4-7,11,18H,3H2,1-2H3,(H,15,17,19). The molecule has 0 aliphatic rings. The van der Waals surface area contributed by atoms with Crippen LogP contribution in [0, 0.1) is 12.7 Å². The third-order valence-corrected chi connectivity index (χ3v) is 5.14. The first-order valence-corrected chi connectivity index (χ1v) is 9.00. The van der Waals surface area contributed by atoms with Gasteiger partial charge in [-0.1, -0.05) is 18.3 Å². The molecular weight excluding hydrogens is 343 g/mol. The number of aryl methyl sites for hydroxylation is 1. The number of halogens is 1. The van der Waals surface area contributed by atoms with Crippen LogP contribution in [0.15, 0.2) is 29.2 Å². The van der Waals surface area contributed by atoms with Gasteiger partial charge in [0.2, 0.25) is 21.1 Å². The maximum atomic E-state index is 12.9. The van der Waals surface area contributed by atoms with Crippen molar-refractivity contribution >= 4 is 32.4 Å². The van der Waals surface area contributed by atoms with Crippen molar-refractivity contribution in [1.29, 1.82) is 0 Å². The zero-order chi connectivity index (χ0) is 17.0. The summed E-state index contributed by atoms with van der Waals surface area (Å²) in [6.07, 6.45) is 0.240. The fourth-order valence-electron chi connectivity index (χ4n) is 1.73. The lowest BCUT2D eigenvalue weighted by Gasteiger charge is -2.16. The summed E-state index contributed by atoms with van der Waals surface area (Å²) in [7, 11) is -3.93. The number of amides is 1. The van der Waals surface area contributed by atoms with E-state index in [0.717, 1.165) is 24.3 Å². The van der Waals surface area contributed by atoms with Crippen LogP contribution < -0.4 is 10.0 Å². The lowest BCUT2D eigenvalue weighted by Crippen LogP contribution is -2.43. The maximum absolute atomic E-state index is 12.9. The van der Waals surface area contributed by atoms with Gasteiger partial charge < -0.3 is 0 Å². The lowest BCUT2D eigenvalue weighted by molar-refractivity contribution is -0.117. The molecule has 0 fully saturated rings.